The summed E-state index contributed by atoms with van der Waals surface area (Å²) < 4.78 is 43.5. The Kier molecular flexibility index (Phi) is 3.87. The lowest BCUT2D eigenvalue weighted by Crippen LogP contribution is -2.13. The summed E-state index contributed by atoms with van der Waals surface area (Å²) in [4.78, 5) is 22.0. The monoisotopic (exact) mass is 351 g/mol. The highest BCUT2D eigenvalue weighted by Gasteiger charge is 2.30. The molecule has 0 aliphatic heterocycles. The van der Waals surface area contributed by atoms with Crippen molar-refractivity contribution < 1.29 is 22.6 Å². The van der Waals surface area contributed by atoms with Gasteiger partial charge in [-0.25, -0.2) is 9.36 Å². The third-order valence-electron chi connectivity index (χ3n) is 3.39. The molecule has 1 heterocycles. The number of non-ortho nitro benzene ring substituents is 1. The van der Waals surface area contributed by atoms with Gasteiger partial charge in [0.25, 0.3) is 5.69 Å². The molecule has 3 aromatic rings. The van der Waals surface area contributed by atoms with Gasteiger partial charge in [-0.1, -0.05) is 17.3 Å². The molecule has 0 spiro atoms. The minimum atomic E-state index is -4.49. The van der Waals surface area contributed by atoms with Crippen LogP contribution in [0.2, 0.25) is 0 Å². The zero-order valence-electron chi connectivity index (χ0n) is 12.2. The molecule has 0 radical (unpaired) electrons. The molecule has 0 atom stereocenters. The molecule has 0 saturated heterocycles. The van der Waals surface area contributed by atoms with Crippen molar-refractivity contribution in [3.63, 3.8) is 0 Å². The molecule has 1 aromatic heterocycles. The number of hydrogen-bond acceptors (Lipinski definition) is 5. The molecular weight excluding hydrogens is 343 g/mol. The molecule has 128 valence electrons. The van der Waals surface area contributed by atoms with Crippen molar-refractivity contribution in [2.24, 2.45) is 0 Å². The van der Waals surface area contributed by atoms with E-state index < -0.39 is 22.4 Å². The lowest BCUT2D eigenvalue weighted by molar-refractivity contribution is -0.384. The van der Waals surface area contributed by atoms with Crippen LogP contribution in [0.4, 0.5) is 18.9 Å². The lowest BCUT2D eigenvalue weighted by Gasteiger charge is -2.08. The Hall–Kier alpha value is -3.43. The van der Waals surface area contributed by atoms with Gasteiger partial charge >= 0.3 is 11.9 Å². The smallest absolute Gasteiger partial charge is 0.295 e. The predicted molar refractivity (Wildman–Crippen MR) is 79.2 cm³/mol. The molecule has 0 unspecified atom stereocenters. The lowest BCUT2D eigenvalue weighted by atomic mass is 10.1. The summed E-state index contributed by atoms with van der Waals surface area (Å²) in [6.07, 6.45) is -4.49. The summed E-state index contributed by atoms with van der Waals surface area (Å²) in [5.74, 6) is -0.892. The van der Waals surface area contributed by atoms with Crippen molar-refractivity contribution in [1.82, 2.24) is 9.72 Å². The zero-order chi connectivity index (χ0) is 18.2. The van der Waals surface area contributed by atoms with E-state index in [2.05, 4.69) is 9.68 Å². The summed E-state index contributed by atoms with van der Waals surface area (Å²) >= 11 is 0. The van der Waals surface area contributed by atoms with Crippen LogP contribution >= 0.6 is 0 Å². The number of nitro groups is 1. The summed E-state index contributed by atoms with van der Waals surface area (Å²) in [6.45, 7) is 0. The van der Waals surface area contributed by atoms with Gasteiger partial charge in [-0.15, -0.1) is 0 Å². The fourth-order valence-electron chi connectivity index (χ4n) is 2.19. The molecule has 25 heavy (non-hydrogen) atoms. The van der Waals surface area contributed by atoms with E-state index in [0.29, 0.717) is 0 Å². The van der Waals surface area contributed by atoms with Gasteiger partial charge < -0.3 is 0 Å². The van der Waals surface area contributed by atoms with E-state index in [9.17, 15) is 28.1 Å². The third-order valence-corrected chi connectivity index (χ3v) is 3.39. The topological polar surface area (TPSA) is 91.2 Å². The van der Waals surface area contributed by atoms with E-state index in [1.54, 1.807) is 0 Å². The Morgan fingerprint density at radius 2 is 1.64 bits per heavy atom. The van der Waals surface area contributed by atoms with Crippen molar-refractivity contribution in [3.8, 4) is 17.1 Å². The average molecular weight is 351 g/mol. The van der Waals surface area contributed by atoms with Crippen molar-refractivity contribution in [2.45, 2.75) is 6.18 Å². The number of nitrogens with zero attached hydrogens (tertiary/aromatic N) is 3. The van der Waals surface area contributed by atoms with E-state index in [-0.39, 0.29) is 22.8 Å². The molecule has 0 amide bonds. The van der Waals surface area contributed by atoms with Gasteiger partial charge in [-0.2, -0.15) is 13.2 Å². The van der Waals surface area contributed by atoms with Crippen LogP contribution in [-0.2, 0) is 6.18 Å². The minimum absolute atomic E-state index is 0.0208. The number of rotatable bonds is 3. The van der Waals surface area contributed by atoms with Crippen LogP contribution in [-0.4, -0.2) is 14.6 Å². The molecule has 0 N–H and O–H groups in total. The number of benzene rings is 2. The van der Waals surface area contributed by atoms with Crippen LogP contribution in [0.15, 0.2) is 57.8 Å². The van der Waals surface area contributed by atoms with E-state index in [1.165, 1.54) is 24.3 Å². The molecule has 0 bridgehead atoms. The molecule has 2 aromatic carbocycles. The van der Waals surface area contributed by atoms with Crippen LogP contribution in [0, 0.1) is 10.1 Å². The molecule has 0 fully saturated rings. The number of halogens is 3. The number of alkyl halides is 3. The van der Waals surface area contributed by atoms with E-state index >= 15 is 0 Å². The highest BCUT2D eigenvalue weighted by Crippen LogP contribution is 2.31. The Bertz CT molecular complexity index is 973. The molecule has 0 saturated carbocycles. The molecule has 0 aliphatic carbocycles. The SMILES string of the molecule is O=c1onc(-c2ccc(C(F)(F)F)cc2)n1-c1ccc([N+](=O)[O-])cc1. The second-order valence-electron chi connectivity index (χ2n) is 4.96. The van der Waals surface area contributed by atoms with Gasteiger partial charge in [0.1, 0.15) is 0 Å². The van der Waals surface area contributed by atoms with Gasteiger partial charge in [-0.3, -0.25) is 14.6 Å². The third kappa shape index (κ3) is 3.13. The molecule has 7 nitrogen and oxygen atoms in total. The average Bonchev–Trinajstić information content (AvgIpc) is 2.96. The predicted octanol–water partition coefficient (Wildman–Crippen LogP) is 3.42. The first-order chi connectivity index (χ1) is 11.8. The van der Waals surface area contributed by atoms with E-state index in [0.717, 1.165) is 28.8 Å². The fourth-order valence-corrected chi connectivity index (χ4v) is 2.19. The summed E-state index contributed by atoms with van der Waals surface area (Å²) in [6, 6.07) is 9.01. The summed E-state index contributed by atoms with van der Waals surface area (Å²) in [5.41, 5.74) is -0.572. The van der Waals surface area contributed by atoms with Gasteiger partial charge in [0.05, 0.1) is 16.2 Å². The van der Waals surface area contributed by atoms with Crippen molar-refractivity contribution >= 4 is 5.69 Å². The molecule has 10 heteroatoms. The van der Waals surface area contributed by atoms with Crippen LogP contribution in [0.3, 0.4) is 0 Å². The Morgan fingerprint density at radius 3 is 2.16 bits per heavy atom. The number of nitro benzene ring substituents is 1. The highest BCUT2D eigenvalue weighted by atomic mass is 19.4. The van der Waals surface area contributed by atoms with Gasteiger partial charge in [-0.05, 0) is 24.3 Å². The van der Waals surface area contributed by atoms with E-state index in [1.807, 2.05) is 0 Å². The minimum Gasteiger partial charge on any atom is -0.295 e. The molecule has 3 rings (SSSR count). The van der Waals surface area contributed by atoms with Gasteiger partial charge in [0.2, 0.25) is 0 Å². The van der Waals surface area contributed by atoms with Crippen LogP contribution in [0.1, 0.15) is 5.56 Å². The Morgan fingerprint density at radius 1 is 1.04 bits per heavy atom. The first kappa shape index (κ1) is 16.4. The number of aromatic nitrogens is 2. The van der Waals surface area contributed by atoms with Crippen molar-refractivity contribution in [2.75, 3.05) is 0 Å². The number of hydrogen-bond donors (Lipinski definition) is 0. The second-order valence-corrected chi connectivity index (χ2v) is 4.96. The van der Waals surface area contributed by atoms with Crippen LogP contribution in [0.5, 0.6) is 0 Å². The zero-order valence-corrected chi connectivity index (χ0v) is 12.2. The first-order valence-electron chi connectivity index (χ1n) is 6.78. The highest BCUT2D eigenvalue weighted by molar-refractivity contribution is 5.58. The Balaban J connectivity index is 2.05. The second kappa shape index (κ2) is 5.89. The summed E-state index contributed by atoms with van der Waals surface area (Å²) in [5, 5.41) is 14.3. The first-order valence-corrected chi connectivity index (χ1v) is 6.78. The maximum Gasteiger partial charge on any atom is 0.446 e. The largest absolute Gasteiger partial charge is 0.446 e. The van der Waals surface area contributed by atoms with Gasteiger partial charge in [0, 0.05) is 17.7 Å². The normalized spacial score (nSPS) is 11.5. The quantitative estimate of drug-likeness (QED) is 0.533. The fraction of sp³-hybridized carbons (Fsp3) is 0.0667. The van der Waals surface area contributed by atoms with Gasteiger partial charge in [0.15, 0.2) is 5.82 Å². The maximum absolute atomic E-state index is 12.6. The van der Waals surface area contributed by atoms with Crippen molar-refractivity contribution in [1.29, 1.82) is 0 Å². The van der Waals surface area contributed by atoms with E-state index in [4.69, 9.17) is 0 Å². The Labute approximate surface area is 137 Å². The van der Waals surface area contributed by atoms with Crippen LogP contribution in [0.25, 0.3) is 17.1 Å². The molecular formula is C15H8F3N3O4. The molecule has 0 aliphatic rings. The maximum atomic E-state index is 12.6. The van der Waals surface area contributed by atoms with Crippen LogP contribution < -0.4 is 5.76 Å². The van der Waals surface area contributed by atoms with Crippen molar-refractivity contribution in [3.05, 3.63) is 74.8 Å². The summed E-state index contributed by atoms with van der Waals surface area (Å²) in [7, 11) is 0. The standard InChI is InChI=1S/C15H8F3N3O4/c16-15(17,18)10-3-1-9(2-4-10)13-19-25-14(22)20(13)11-5-7-12(8-6-11)21(23)24/h1-8H.